The molecular weight excluding hydrogens is 536 g/mol. The minimum Gasteiger partial charge on any atom is -0.497 e. The Kier molecular flexibility index (Phi) is 6.98. The molecule has 8 rings (SSSR count). The van der Waals surface area contributed by atoms with Crippen molar-refractivity contribution in [1.82, 2.24) is 9.88 Å². The zero-order chi connectivity index (χ0) is 29.7. The van der Waals surface area contributed by atoms with E-state index in [4.69, 9.17) is 4.74 Å². The van der Waals surface area contributed by atoms with Gasteiger partial charge in [0.25, 0.3) is 10.9 Å². The molecule has 43 heavy (non-hydrogen) atoms. The number of hydrogen-bond donors (Lipinski definition) is 2. The first kappa shape index (κ1) is 27.3. The summed E-state index contributed by atoms with van der Waals surface area (Å²) in [5.74, 6) is 1.75. The van der Waals surface area contributed by atoms with E-state index in [1.165, 1.54) is 0 Å². The Bertz CT molecular complexity index is 1900. The highest BCUT2D eigenvalue weighted by atomic mass is 16.5. The number of benzene rings is 3. The molecule has 0 aliphatic carbocycles. The number of fused-ring (bicyclic) bond motifs is 5. The monoisotopic (exact) mass is 572 g/mol. The van der Waals surface area contributed by atoms with Crippen molar-refractivity contribution >= 4 is 33.1 Å². The molecule has 4 aromatic carbocycles. The zero-order valence-electron chi connectivity index (χ0n) is 24.5. The van der Waals surface area contributed by atoms with Gasteiger partial charge in [0.05, 0.1) is 18.7 Å². The van der Waals surface area contributed by atoms with E-state index in [0.29, 0.717) is 23.2 Å². The van der Waals surface area contributed by atoms with Gasteiger partial charge in [-0.3, -0.25) is 19.5 Å². The van der Waals surface area contributed by atoms with Gasteiger partial charge >= 0.3 is 0 Å². The van der Waals surface area contributed by atoms with Gasteiger partial charge in [0.15, 0.2) is 0 Å². The number of rotatable bonds is 9. The molecule has 0 saturated carbocycles. The molecule has 218 valence electrons. The van der Waals surface area contributed by atoms with E-state index in [0.717, 1.165) is 64.5 Å². The minimum atomic E-state index is -0.480. The molecule has 0 spiro atoms. The van der Waals surface area contributed by atoms with E-state index in [9.17, 15) is 9.59 Å². The Balaban J connectivity index is 1.28. The maximum absolute atomic E-state index is 13.2. The lowest BCUT2D eigenvalue weighted by Gasteiger charge is -2.52. The zero-order valence-corrected chi connectivity index (χ0v) is 24.5. The third-order valence-corrected chi connectivity index (χ3v) is 9.72. The van der Waals surface area contributed by atoms with Crippen molar-refractivity contribution < 1.29 is 4.74 Å². The summed E-state index contributed by atoms with van der Waals surface area (Å²) < 4.78 is 5.57. The van der Waals surface area contributed by atoms with Crippen molar-refractivity contribution in [3.05, 3.63) is 117 Å². The summed E-state index contributed by atoms with van der Waals surface area (Å²) in [7, 11) is 1.66. The second-order valence-corrected chi connectivity index (χ2v) is 12.0. The number of piperidine rings is 3. The summed E-state index contributed by atoms with van der Waals surface area (Å²) in [6, 6.07) is 22.0. The van der Waals surface area contributed by atoms with Crippen molar-refractivity contribution in [2.45, 2.75) is 37.9 Å². The van der Waals surface area contributed by atoms with Crippen LogP contribution in [0.3, 0.4) is 0 Å². The first-order chi connectivity index (χ1) is 21.0. The van der Waals surface area contributed by atoms with Crippen molar-refractivity contribution in [2.75, 3.05) is 30.8 Å². The summed E-state index contributed by atoms with van der Waals surface area (Å²) in [6.07, 6.45) is 6.04. The Labute approximate surface area is 250 Å². The third kappa shape index (κ3) is 4.68. The number of nitrogens with one attached hydrogen (secondary N) is 2. The van der Waals surface area contributed by atoms with Crippen LogP contribution in [0.4, 0.5) is 11.4 Å². The maximum atomic E-state index is 13.2. The van der Waals surface area contributed by atoms with Crippen LogP contribution in [-0.4, -0.2) is 36.1 Å². The van der Waals surface area contributed by atoms with Crippen LogP contribution in [0.15, 0.2) is 95.2 Å². The summed E-state index contributed by atoms with van der Waals surface area (Å²) in [5, 5.41) is 10.3. The molecule has 2 bridgehead atoms. The van der Waals surface area contributed by atoms with Crippen LogP contribution in [0.1, 0.15) is 43.0 Å². The molecule has 6 atom stereocenters. The first-order valence-corrected chi connectivity index (χ1v) is 15.1. The Morgan fingerprint density at radius 2 is 1.77 bits per heavy atom. The van der Waals surface area contributed by atoms with Crippen LogP contribution < -0.4 is 26.2 Å². The number of anilines is 2. The predicted molar refractivity (Wildman–Crippen MR) is 174 cm³/mol. The summed E-state index contributed by atoms with van der Waals surface area (Å²) in [4.78, 5) is 33.4. The molecule has 3 saturated heterocycles. The van der Waals surface area contributed by atoms with E-state index >= 15 is 0 Å². The second kappa shape index (κ2) is 11.0. The van der Waals surface area contributed by atoms with Crippen LogP contribution in [0, 0.1) is 11.8 Å². The number of pyridine rings is 1. The van der Waals surface area contributed by atoms with Gasteiger partial charge < -0.3 is 15.4 Å². The summed E-state index contributed by atoms with van der Waals surface area (Å²) in [5.41, 5.74) is 2.73. The molecule has 7 heteroatoms. The Morgan fingerprint density at radius 3 is 2.53 bits per heavy atom. The van der Waals surface area contributed by atoms with E-state index in [1.54, 1.807) is 7.11 Å². The van der Waals surface area contributed by atoms with Crippen molar-refractivity contribution in [3.63, 3.8) is 0 Å². The second-order valence-electron chi connectivity index (χ2n) is 12.0. The number of nitrogens with zero attached hydrogens (tertiary/aromatic N) is 2. The molecule has 0 amide bonds. The molecule has 2 N–H and O–H groups in total. The van der Waals surface area contributed by atoms with Gasteiger partial charge in [0.2, 0.25) is 0 Å². The Morgan fingerprint density at radius 1 is 0.977 bits per heavy atom. The van der Waals surface area contributed by atoms with E-state index in [-0.39, 0.29) is 18.1 Å². The van der Waals surface area contributed by atoms with Gasteiger partial charge in [0, 0.05) is 30.2 Å². The molecule has 0 radical (unpaired) electrons. The molecule has 7 nitrogen and oxygen atoms in total. The van der Waals surface area contributed by atoms with Crippen molar-refractivity contribution in [1.29, 1.82) is 0 Å². The SMILES string of the molecule is C=C[C@H]1CN2CCC1C[C@@H]2[C@@H](Nc1c(N[C@H](C)c2cccc3ccccc23)c(=O)c1=O)c1ccnc2ccc(OC)cc12. The normalized spacial score (nSPS) is 22.8. The van der Waals surface area contributed by atoms with E-state index < -0.39 is 10.9 Å². The lowest BCUT2D eigenvalue weighted by molar-refractivity contribution is 0.0105. The molecule has 3 aliphatic rings. The highest BCUT2D eigenvalue weighted by Gasteiger charge is 2.43. The first-order valence-electron chi connectivity index (χ1n) is 15.1. The molecule has 1 aromatic heterocycles. The standard InChI is InChI=1S/C36H36N4O3/c1-4-22-20-40-17-15-24(22)18-31(40)32(28-14-16-37-30-13-12-25(43-3)19-29(28)30)39-34-33(35(41)36(34)42)38-21(2)26-11-7-9-23-8-5-6-10-27(23)26/h4-14,16,19,21-22,24,31-32,38-39H,1,15,17-18,20H2,2-3H3/t21-,22+,24?,31-,32+/m1/s1. The number of ether oxygens (including phenoxy) is 1. The highest BCUT2D eigenvalue weighted by Crippen LogP contribution is 2.44. The van der Waals surface area contributed by atoms with Gasteiger partial charge in [-0.25, -0.2) is 0 Å². The van der Waals surface area contributed by atoms with Crippen LogP contribution in [0.2, 0.25) is 0 Å². The Hall–Kier alpha value is -4.49. The number of aromatic nitrogens is 1. The fourth-order valence-corrected chi connectivity index (χ4v) is 7.39. The summed E-state index contributed by atoms with van der Waals surface area (Å²) in [6.45, 7) is 8.07. The fraction of sp³-hybridized carbons (Fsp3) is 0.306. The average Bonchev–Trinajstić information content (AvgIpc) is 3.07. The van der Waals surface area contributed by atoms with Gasteiger partial charge in [-0.05, 0) is 84.3 Å². The highest BCUT2D eigenvalue weighted by molar-refractivity contribution is 5.87. The topological polar surface area (TPSA) is 83.6 Å². The van der Waals surface area contributed by atoms with Crippen LogP contribution in [0.5, 0.6) is 5.75 Å². The molecular formula is C36H36N4O3. The van der Waals surface area contributed by atoms with E-state index in [2.05, 4.69) is 57.4 Å². The van der Waals surface area contributed by atoms with Crippen LogP contribution in [-0.2, 0) is 0 Å². The van der Waals surface area contributed by atoms with Crippen molar-refractivity contribution in [3.8, 4) is 5.75 Å². The third-order valence-electron chi connectivity index (χ3n) is 9.72. The van der Waals surface area contributed by atoms with Crippen LogP contribution >= 0.6 is 0 Å². The van der Waals surface area contributed by atoms with E-state index in [1.807, 2.05) is 55.6 Å². The van der Waals surface area contributed by atoms with Gasteiger partial charge in [0.1, 0.15) is 17.1 Å². The number of hydrogen-bond acceptors (Lipinski definition) is 7. The predicted octanol–water partition coefficient (Wildman–Crippen LogP) is 6.22. The maximum Gasteiger partial charge on any atom is 0.253 e. The fourth-order valence-electron chi connectivity index (χ4n) is 7.39. The van der Waals surface area contributed by atoms with Gasteiger partial charge in [-0.15, -0.1) is 6.58 Å². The lowest BCUT2D eigenvalue weighted by atomic mass is 9.73. The van der Waals surface area contributed by atoms with Crippen molar-refractivity contribution in [2.24, 2.45) is 11.8 Å². The molecule has 3 aliphatic heterocycles. The molecule has 4 heterocycles. The molecule has 5 aromatic rings. The lowest BCUT2D eigenvalue weighted by Crippen LogP contribution is -2.56. The van der Waals surface area contributed by atoms with Gasteiger partial charge in [-0.2, -0.15) is 0 Å². The average molecular weight is 573 g/mol. The largest absolute Gasteiger partial charge is 0.497 e. The smallest absolute Gasteiger partial charge is 0.253 e. The van der Waals surface area contributed by atoms with Crippen LogP contribution in [0.25, 0.3) is 21.7 Å². The number of methoxy groups -OCH3 is 1. The summed E-state index contributed by atoms with van der Waals surface area (Å²) >= 11 is 0. The molecule has 2 unspecified atom stereocenters. The van der Waals surface area contributed by atoms with Gasteiger partial charge in [-0.1, -0.05) is 48.5 Å². The molecule has 3 fully saturated rings. The quantitative estimate of drug-likeness (QED) is 0.160. The minimum absolute atomic E-state index is 0.138.